The van der Waals surface area contributed by atoms with Crippen LogP contribution in [0.3, 0.4) is 0 Å². The van der Waals surface area contributed by atoms with Crippen molar-refractivity contribution in [1.29, 1.82) is 0 Å². The third-order valence-corrected chi connectivity index (χ3v) is 12.5. The Bertz CT molecular complexity index is 1750. The van der Waals surface area contributed by atoms with Gasteiger partial charge in [-0.3, -0.25) is 14.1 Å². The number of phosphoric ester groups is 1. The maximum absolute atomic E-state index is 14.2. The standard InChI is InChI=1S/C36H42NO10P/c1-34-12-11-25(39)15-24(34)8-9-26-27-16-31-36(30(41)19-45-48(42,43)44,35(27,2)17-29(40)32(26)34)47-33(46-31)22-6-3-20(4-7-22)13-21-5-10-28(37)23(14-21)18-38/h3-7,10-12,14-15,26-27,29,31-33,38,40H,8-9,13,16-19,37H2,1-2H3,(H2,42,43,44)/t26-,27-,29-,31+,32+,33+,34-,35-,36+/m0/s1. The molecule has 9 atom stereocenters. The summed E-state index contributed by atoms with van der Waals surface area (Å²) >= 11 is 0. The van der Waals surface area contributed by atoms with Gasteiger partial charge >= 0.3 is 7.82 Å². The number of fused-ring (bicyclic) bond motifs is 7. The van der Waals surface area contributed by atoms with Gasteiger partial charge in [-0.1, -0.05) is 61.9 Å². The first-order valence-corrected chi connectivity index (χ1v) is 18.0. The zero-order valence-electron chi connectivity index (χ0n) is 27.0. The van der Waals surface area contributed by atoms with Crippen molar-refractivity contribution in [2.45, 2.75) is 76.7 Å². The Morgan fingerprint density at radius 1 is 1.12 bits per heavy atom. The molecular weight excluding hydrogens is 637 g/mol. The molecular formula is C36H42NO10P. The fourth-order valence-electron chi connectivity index (χ4n) is 9.90. The Hall–Kier alpha value is -2.99. The van der Waals surface area contributed by atoms with Crippen LogP contribution >= 0.6 is 7.82 Å². The largest absolute Gasteiger partial charge is 0.470 e. The number of rotatable bonds is 8. The van der Waals surface area contributed by atoms with Gasteiger partial charge in [0.2, 0.25) is 0 Å². The number of ketones is 2. The van der Waals surface area contributed by atoms with Crippen molar-refractivity contribution in [3.05, 3.63) is 88.5 Å². The van der Waals surface area contributed by atoms with E-state index < -0.39 is 55.1 Å². The molecule has 4 fully saturated rings. The van der Waals surface area contributed by atoms with Gasteiger partial charge in [-0.15, -0.1) is 0 Å². The van der Waals surface area contributed by atoms with Crippen molar-refractivity contribution >= 4 is 25.1 Å². The number of aliphatic hydroxyl groups excluding tert-OH is 2. The third-order valence-electron chi connectivity index (χ3n) is 12.1. The maximum Gasteiger partial charge on any atom is 0.470 e. The lowest BCUT2D eigenvalue weighted by atomic mass is 9.46. The highest BCUT2D eigenvalue weighted by atomic mass is 31.2. The summed E-state index contributed by atoms with van der Waals surface area (Å²) in [7, 11) is -4.97. The highest BCUT2D eigenvalue weighted by Gasteiger charge is 2.76. The van der Waals surface area contributed by atoms with Crippen molar-refractivity contribution in [2.24, 2.45) is 28.6 Å². The maximum atomic E-state index is 14.2. The predicted molar refractivity (Wildman–Crippen MR) is 174 cm³/mol. The number of Topliss-reactive ketones (excluding diaryl/α,β-unsaturated/α-hetero) is 1. The molecule has 6 N–H and O–H groups in total. The summed E-state index contributed by atoms with van der Waals surface area (Å²) in [6.07, 6.45) is 5.35. The molecule has 256 valence electrons. The van der Waals surface area contributed by atoms with Crippen molar-refractivity contribution < 1.29 is 48.2 Å². The number of benzene rings is 2. The van der Waals surface area contributed by atoms with Gasteiger partial charge in [0.1, 0.15) is 6.61 Å². The molecule has 0 bridgehead atoms. The average Bonchev–Trinajstić information content (AvgIpc) is 3.54. The lowest BCUT2D eigenvalue weighted by molar-refractivity contribution is -0.200. The Balaban J connectivity index is 1.19. The fourth-order valence-corrected chi connectivity index (χ4v) is 10.2. The molecule has 48 heavy (non-hydrogen) atoms. The second-order valence-corrected chi connectivity index (χ2v) is 15.8. The van der Waals surface area contributed by atoms with Gasteiger partial charge in [0.25, 0.3) is 0 Å². The number of allylic oxidation sites excluding steroid dienone is 4. The molecule has 0 aromatic heterocycles. The van der Waals surface area contributed by atoms with Crippen LogP contribution in [0.5, 0.6) is 0 Å². The quantitative estimate of drug-likeness (QED) is 0.200. The van der Waals surface area contributed by atoms with E-state index in [0.717, 1.165) is 23.1 Å². The number of hydrogen-bond acceptors (Lipinski definition) is 9. The number of nitrogen functional groups attached to an aromatic ring is 1. The molecule has 11 nitrogen and oxygen atoms in total. The zero-order valence-corrected chi connectivity index (χ0v) is 27.8. The highest BCUT2D eigenvalue weighted by molar-refractivity contribution is 7.46. The molecule has 0 amide bonds. The van der Waals surface area contributed by atoms with Gasteiger partial charge in [0, 0.05) is 33.6 Å². The zero-order chi connectivity index (χ0) is 34.2. The molecule has 12 heteroatoms. The lowest BCUT2D eigenvalue weighted by Crippen LogP contribution is -2.63. The van der Waals surface area contributed by atoms with Gasteiger partial charge in [0.05, 0.1) is 18.8 Å². The van der Waals surface area contributed by atoms with E-state index in [1.807, 2.05) is 49.4 Å². The number of ether oxygens (including phenoxy) is 2. The molecule has 3 saturated carbocycles. The second kappa shape index (κ2) is 11.8. The first-order chi connectivity index (χ1) is 22.7. The number of carbonyl (C=O) groups is 2. The van der Waals surface area contributed by atoms with Gasteiger partial charge < -0.3 is 35.2 Å². The van der Waals surface area contributed by atoms with Crippen molar-refractivity contribution in [3.63, 3.8) is 0 Å². The second-order valence-electron chi connectivity index (χ2n) is 14.6. The summed E-state index contributed by atoms with van der Waals surface area (Å²) in [5.41, 5.74) is 7.74. The fraction of sp³-hybridized carbons (Fsp3) is 0.500. The van der Waals surface area contributed by atoms with Crippen LogP contribution in [0.2, 0.25) is 0 Å². The molecule has 1 aliphatic heterocycles. The average molecular weight is 680 g/mol. The van der Waals surface area contributed by atoms with E-state index in [0.29, 0.717) is 36.1 Å². The van der Waals surface area contributed by atoms with E-state index >= 15 is 0 Å². The van der Waals surface area contributed by atoms with Crippen LogP contribution < -0.4 is 5.73 Å². The molecule has 1 saturated heterocycles. The monoisotopic (exact) mass is 679 g/mol. The summed E-state index contributed by atoms with van der Waals surface area (Å²) in [6, 6.07) is 13.2. The third kappa shape index (κ3) is 5.27. The molecule has 7 rings (SSSR count). The van der Waals surface area contributed by atoms with Crippen LogP contribution in [-0.2, 0) is 41.2 Å². The summed E-state index contributed by atoms with van der Waals surface area (Å²) < 4.78 is 29.7. The van der Waals surface area contributed by atoms with Crippen LogP contribution in [0.4, 0.5) is 5.69 Å². The van der Waals surface area contributed by atoms with Gasteiger partial charge in [-0.2, -0.15) is 0 Å². The molecule has 2 aromatic carbocycles. The Morgan fingerprint density at radius 3 is 2.56 bits per heavy atom. The van der Waals surface area contributed by atoms with E-state index in [1.54, 1.807) is 18.2 Å². The van der Waals surface area contributed by atoms with Crippen LogP contribution in [-0.4, -0.2) is 56.0 Å². The van der Waals surface area contributed by atoms with Crippen LogP contribution in [0.25, 0.3) is 0 Å². The molecule has 0 unspecified atom stereocenters. The minimum atomic E-state index is -4.97. The molecule has 4 aliphatic carbocycles. The number of carbonyl (C=O) groups excluding carboxylic acids is 2. The molecule has 1 heterocycles. The minimum Gasteiger partial charge on any atom is -0.398 e. The first kappa shape index (κ1) is 33.5. The van der Waals surface area contributed by atoms with Crippen LogP contribution in [0, 0.1) is 28.6 Å². The van der Waals surface area contributed by atoms with E-state index in [2.05, 4.69) is 6.92 Å². The SMILES string of the molecule is C[C@]12C=CC(=O)C=C1CC[C@@H]1[C@@H]2[C@@H](O)C[C@@]2(C)[C@H]1C[C@H]1O[C@@H](c3ccc(Cc4ccc(N)c(CO)c4)cc3)O[C@]12C(=O)COP(=O)(O)O. The Morgan fingerprint density at radius 2 is 1.85 bits per heavy atom. The number of anilines is 1. The van der Waals surface area contributed by atoms with Crippen molar-refractivity contribution in [2.75, 3.05) is 12.3 Å². The number of hydrogen-bond donors (Lipinski definition) is 5. The number of phosphoric acid groups is 1. The molecule has 2 aromatic rings. The lowest BCUT2D eigenvalue weighted by Gasteiger charge is -2.59. The van der Waals surface area contributed by atoms with Gasteiger partial charge in [-0.25, -0.2) is 4.57 Å². The van der Waals surface area contributed by atoms with E-state index in [1.165, 1.54) is 0 Å². The smallest absolute Gasteiger partial charge is 0.398 e. The van der Waals surface area contributed by atoms with E-state index in [-0.39, 0.29) is 36.6 Å². The first-order valence-electron chi connectivity index (χ1n) is 16.4. The van der Waals surface area contributed by atoms with Crippen molar-refractivity contribution in [3.8, 4) is 0 Å². The number of nitrogens with two attached hydrogens (primary N) is 1. The summed E-state index contributed by atoms with van der Waals surface area (Å²) in [5, 5.41) is 21.5. The topological polar surface area (TPSA) is 186 Å². The van der Waals surface area contributed by atoms with Crippen LogP contribution in [0.1, 0.15) is 68.1 Å². The molecule has 5 aliphatic rings. The van der Waals surface area contributed by atoms with E-state index in [4.69, 9.17) is 19.7 Å². The van der Waals surface area contributed by atoms with Crippen LogP contribution in [0.15, 0.2) is 66.3 Å². The minimum absolute atomic E-state index is 0.0126. The molecule has 0 radical (unpaired) electrons. The predicted octanol–water partition coefficient (Wildman–Crippen LogP) is 4.07. The Labute approximate surface area is 279 Å². The van der Waals surface area contributed by atoms with E-state index in [9.17, 15) is 34.2 Å². The van der Waals surface area contributed by atoms with Gasteiger partial charge in [-0.05, 0) is 73.3 Å². The molecule has 0 spiro atoms. The summed E-state index contributed by atoms with van der Waals surface area (Å²) in [4.78, 5) is 45.4. The Kier molecular flexibility index (Phi) is 8.25. The summed E-state index contributed by atoms with van der Waals surface area (Å²) in [5.74, 6) is -0.981. The normalized spacial score (nSPS) is 37.0. The van der Waals surface area contributed by atoms with Gasteiger partial charge in [0.15, 0.2) is 23.5 Å². The summed E-state index contributed by atoms with van der Waals surface area (Å²) in [6.45, 7) is 2.99. The van der Waals surface area contributed by atoms with Crippen molar-refractivity contribution in [1.82, 2.24) is 0 Å². The number of aliphatic hydroxyl groups is 2. The highest BCUT2D eigenvalue weighted by Crippen LogP contribution is 2.70.